The number of hydrogen-bond acceptors (Lipinski definition) is 3. The molecule has 1 aromatic carbocycles. The third-order valence-corrected chi connectivity index (χ3v) is 4.49. The molecule has 112 valence electrons. The second-order valence-electron chi connectivity index (χ2n) is 6.12. The van der Waals surface area contributed by atoms with Crippen molar-refractivity contribution >= 4 is 5.82 Å². The summed E-state index contributed by atoms with van der Waals surface area (Å²) in [6.45, 7) is 5.03. The SMILES string of the molecule is Cc1cc(OCC2CCC2)c(-c2cc(N)n(C)n2)cc1C. The number of rotatable bonds is 4. The smallest absolute Gasteiger partial charge is 0.129 e. The van der Waals surface area contributed by atoms with Crippen LogP contribution in [0.3, 0.4) is 0 Å². The maximum atomic E-state index is 6.09. The average molecular weight is 285 g/mol. The first-order valence-electron chi connectivity index (χ1n) is 7.58. The van der Waals surface area contributed by atoms with E-state index < -0.39 is 0 Å². The van der Waals surface area contributed by atoms with E-state index in [0.29, 0.717) is 11.7 Å². The Kier molecular flexibility index (Phi) is 3.62. The van der Waals surface area contributed by atoms with Crippen LogP contribution in [-0.2, 0) is 7.05 Å². The fourth-order valence-corrected chi connectivity index (χ4v) is 2.59. The lowest BCUT2D eigenvalue weighted by Crippen LogP contribution is -2.19. The van der Waals surface area contributed by atoms with Crippen LogP contribution in [-0.4, -0.2) is 16.4 Å². The zero-order valence-electron chi connectivity index (χ0n) is 13.0. The number of ether oxygens (including phenoxy) is 1. The van der Waals surface area contributed by atoms with Gasteiger partial charge >= 0.3 is 0 Å². The molecular weight excluding hydrogens is 262 g/mol. The van der Waals surface area contributed by atoms with Gasteiger partial charge in [-0.3, -0.25) is 4.68 Å². The zero-order chi connectivity index (χ0) is 15.0. The van der Waals surface area contributed by atoms with Gasteiger partial charge in [-0.25, -0.2) is 0 Å². The molecule has 1 aliphatic carbocycles. The van der Waals surface area contributed by atoms with Crippen LogP contribution in [0.2, 0.25) is 0 Å². The molecule has 0 spiro atoms. The number of aryl methyl sites for hydroxylation is 3. The number of nitrogens with zero attached hydrogens (tertiary/aromatic N) is 2. The van der Waals surface area contributed by atoms with Gasteiger partial charge in [0, 0.05) is 18.7 Å². The molecule has 0 saturated heterocycles. The number of nitrogens with two attached hydrogens (primary N) is 1. The lowest BCUT2D eigenvalue weighted by atomic mass is 9.86. The first-order chi connectivity index (χ1) is 10.0. The van der Waals surface area contributed by atoms with Gasteiger partial charge in [-0.1, -0.05) is 6.42 Å². The van der Waals surface area contributed by atoms with Gasteiger partial charge < -0.3 is 10.5 Å². The fourth-order valence-electron chi connectivity index (χ4n) is 2.59. The normalized spacial score (nSPS) is 15.0. The molecule has 1 saturated carbocycles. The molecule has 1 heterocycles. The van der Waals surface area contributed by atoms with Crippen LogP contribution < -0.4 is 10.5 Å². The molecular formula is C17H23N3O. The Morgan fingerprint density at radius 1 is 1.24 bits per heavy atom. The van der Waals surface area contributed by atoms with E-state index in [1.165, 1.54) is 30.4 Å². The highest BCUT2D eigenvalue weighted by Crippen LogP contribution is 2.34. The van der Waals surface area contributed by atoms with Gasteiger partial charge in [-0.15, -0.1) is 0 Å². The highest BCUT2D eigenvalue weighted by atomic mass is 16.5. The minimum absolute atomic E-state index is 0.660. The van der Waals surface area contributed by atoms with Crippen LogP contribution in [0.15, 0.2) is 18.2 Å². The Bertz CT molecular complexity index is 637. The Morgan fingerprint density at radius 3 is 2.52 bits per heavy atom. The second kappa shape index (κ2) is 5.43. The molecule has 1 aromatic heterocycles. The van der Waals surface area contributed by atoms with E-state index in [1.807, 2.05) is 13.1 Å². The summed E-state index contributed by atoms with van der Waals surface area (Å²) in [5, 5.41) is 4.48. The molecule has 1 fully saturated rings. The first kappa shape index (κ1) is 14.0. The van der Waals surface area contributed by atoms with Crippen molar-refractivity contribution < 1.29 is 4.74 Å². The summed E-state index contributed by atoms with van der Waals surface area (Å²) in [5.74, 6) is 2.30. The summed E-state index contributed by atoms with van der Waals surface area (Å²) in [4.78, 5) is 0. The van der Waals surface area contributed by atoms with E-state index in [2.05, 4.69) is 31.1 Å². The molecule has 0 radical (unpaired) electrons. The molecule has 21 heavy (non-hydrogen) atoms. The zero-order valence-corrected chi connectivity index (χ0v) is 13.0. The molecule has 0 unspecified atom stereocenters. The van der Waals surface area contributed by atoms with E-state index in [9.17, 15) is 0 Å². The maximum absolute atomic E-state index is 6.09. The number of aromatic nitrogens is 2. The number of benzene rings is 1. The van der Waals surface area contributed by atoms with Crippen LogP contribution in [0.25, 0.3) is 11.3 Å². The van der Waals surface area contributed by atoms with E-state index in [1.54, 1.807) is 4.68 Å². The van der Waals surface area contributed by atoms with Crippen LogP contribution in [0.4, 0.5) is 5.82 Å². The Balaban J connectivity index is 1.94. The third-order valence-electron chi connectivity index (χ3n) is 4.49. The molecule has 2 N–H and O–H groups in total. The lowest BCUT2D eigenvalue weighted by Gasteiger charge is -2.25. The molecule has 0 aliphatic heterocycles. The Morgan fingerprint density at radius 2 is 1.95 bits per heavy atom. The van der Waals surface area contributed by atoms with Gasteiger partial charge in [0.25, 0.3) is 0 Å². The average Bonchev–Trinajstić information content (AvgIpc) is 2.71. The minimum atomic E-state index is 0.660. The largest absolute Gasteiger partial charge is 0.493 e. The molecule has 0 atom stereocenters. The molecule has 4 heteroatoms. The topological polar surface area (TPSA) is 53.1 Å². The second-order valence-corrected chi connectivity index (χ2v) is 6.12. The summed E-state index contributed by atoms with van der Waals surface area (Å²) >= 11 is 0. The van der Waals surface area contributed by atoms with Crippen LogP contribution in [0.5, 0.6) is 5.75 Å². The van der Waals surface area contributed by atoms with Crippen LogP contribution >= 0.6 is 0 Å². The molecule has 3 rings (SSSR count). The van der Waals surface area contributed by atoms with Crippen molar-refractivity contribution in [2.24, 2.45) is 13.0 Å². The van der Waals surface area contributed by atoms with Gasteiger partial charge in [0.1, 0.15) is 11.6 Å². The van der Waals surface area contributed by atoms with E-state index in [0.717, 1.165) is 23.6 Å². The number of anilines is 1. The highest BCUT2D eigenvalue weighted by Gasteiger charge is 2.19. The van der Waals surface area contributed by atoms with Crippen molar-refractivity contribution in [1.82, 2.24) is 9.78 Å². The van der Waals surface area contributed by atoms with Crippen LogP contribution in [0, 0.1) is 19.8 Å². The van der Waals surface area contributed by atoms with Crippen molar-refractivity contribution in [3.05, 3.63) is 29.3 Å². The van der Waals surface area contributed by atoms with Gasteiger partial charge in [0.2, 0.25) is 0 Å². The predicted octanol–water partition coefficient (Wildman–Crippen LogP) is 3.47. The first-order valence-corrected chi connectivity index (χ1v) is 7.58. The van der Waals surface area contributed by atoms with Crippen LogP contribution in [0.1, 0.15) is 30.4 Å². The Hall–Kier alpha value is -1.97. The number of hydrogen-bond donors (Lipinski definition) is 1. The number of nitrogen functional groups attached to an aromatic ring is 1. The van der Waals surface area contributed by atoms with Gasteiger partial charge in [0.05, 0.1) is 12.3 Å². The van der Waals surface area contributed by atoms with Crippen molar-refractivity contribution in [1.29, 1.82) is 0 Å². The predicted molar refractivity (Wildman–Crippen MR) is 85.4 cm³/mol. The summed E-state index contributed by atoms with van der Waals surface area (Å²) in [6, 6.07) is 6.17. The summed E-state index contributed by atoms with van der Waals surface area (Å²) in [5.41, 5.74) is 10.3. The fraction of sp³-hybridized carbons (Fsp3) is 0.471. The summed E-state index contributed by atoms with van der Waals surface area (Å²) in [7, 11) is 1.86. The lowest BCUT2D eigenvalue weighted by molar-refractivity contribution is 0.181. The van der Waals surface area contributed by atoms with Crippen molar-refractivity contribution in [3.8, 4) is 17.0 Å². The molecule has 0 bridgehead atoms. The molecule has 4 nitrogen and oxygen atoms in total. The van der Waals surface area contributed by atoms with Crippen molar-refractivity contribution in [3.63, 3.8) is 0 Å². The van der Waals surface area contributed by atoms with Gasteiger partial charge in [0.15, 0.2) is 0 Å². The van der Waals surface area contributed by atoms with Crippen molar-refractivity contribution in [2.75, 3.05) is 12.3 Å². The molecule has 2 aromatic rings. The molecule has 1 aliphatic rings. The quantitative estimate of drug-likeness (QED) is 0.936. The van der Waals surface area contributed by atoms with Gasteiger partial charge in [-0.2, -0.15) is 5.10 Å². The maximum Gasteiger partial charge on any atom is 0.129 e. The van der Waals surface area contributed by atoms with E-state index in [4.69, 9.17) is 10.5 Å². The standard InChI is InChI=1S/C17H23N3O/c1-11-7-14(15-9-17(18)20(3)19-15)16(8-12(11)2)21-10-13-5-4-6-13/h7-9,13H,4-6,10,18H2,1-3H3. The summed E-state index contributed by atoms with van der Waals surface area (Å²) in [6.07, 6.45) is 3.91. The minimum Gasteiger partial charge on any atom is -0.493 e. The highest BCUT2D eigenvalue weighted by molar-refractivity contribution is 5.71. The summed E-state index contributed by atoms with van der Waals surface area (Å²) < 4.78 is 7.79. The van der Waals surface area contributed by atoms with E-state index >= 15 is 0 Å². The van der Waals surface area contributed by atoms with Gasteiger partial charge in [-0.05, 0) is 55.9 Å². The Labute approximate surface area is 125 Å². The third kappa shape index (κ3) is 2.75. The molecule has 0 amide bonds. The van der Waals surface area contributed by atoms with Crippen molar-refractivity contribution in [2.45, 2.75) is 33.1 Å². The van der Waals surface area contributed by atoms with E-state index in [-0.39, 0.29) is 0 Å². The monoisotopic (exact) mass is 285 g/mol.